The van der Waals surface area contributed by atoms with Crippen molar-refractivity contribution in [2.75, 3.05) is 4.90 Å². The molecule has 0 bridgehead atoms. The molecule has 2 aliphatic heterocycles. The highest BCUT2D eigenvalue weighted by atomic mass is 16.2. The molecule has 2 aromatic heterocycles. The third kappa shape index (κ3) is 6.33. The second-order valence-corrected chi connectivity index (χ2v) is 17.7. The Kier molecular flexibility index (Phi) is 9.55. The molecule has 4 amide bonds. The van der Waals surface area contributed by atoms with Crippen molar-refractivity contribution in [3.63, 3.8) is 0 Å². The van der Waals surface area contributed by atoms with Crippen LogP contribution >= 0.6 is 0 Å². The molecular formula is C54H40N4O9. The maximum Gasteiger partial charge on any atom is 0.266 e. The molecule has 0 spiro atoms. The average molecular weight is 889 g/mol. The van der Waals surface area contributed by atoms with Gasteiger partial charge in [-0.15, -0.1) is 0 Å². The Bertz CT molecular complexity index is 3750. The molecule has 8 aromatic rings. The number of aryl methyl sites for hydroxylation is 7. The summed E-state index contributed by atoms with van der Waals surface area (Å²) in [6.45, 7) is 13.0. The van der Waals surface area contributed by atoms with Crippen molar-refractivity contribution in [2.45, 2.75) is 61.3 Å². The molecule has 0 saturated heterocycles. The van der Waals surface area contributed by atoms with Crippen LogP contribution in [0.2, 0.25) is 0 Å². The summed E-state index contributed by atoms with van der Waals surface area (Å²) in [5, 5.41) is 2.44. The number of nitrogens with one attached hydrogen (secondary N) is 1. The van der Waals surface area contributed by atoms with Crippen LogP contribution in [0.5, 0.6) is 0 Å². The van der Waals surface area contributed by atoms with Crippen LogP contribution in [0.25, 0.3) is 32.9 Å². The number of aromatic nitrogens is 2. The molecule has 2 aliphatic rings. The second kappa shape index (κ2) is 15.1. The van der Waals surface area contributed by atoms with Crippen molar-refractivity contribution >= 4 is 56.6 Å². The van der Waals surface area contributed by atoms with Gasteiger partial charge in [0.25, 0.3) is 45.9 Å². The van der Waals surface area contributed by atoms with Crippen molar-refractivity contribution in [1.82, 2.24) is 14.5 Å². The fourth-order valence-electron chi connectivity index (χ4n) is 10.3. The minimum absolute atomic E-state index is 0.0496. The van der Waals surface area contributed by atoms with Crippen LogP contribution in [0.1, 0.15) is 114 Å². The third-order valence-electron chi connectivity index (χ3n) is 13.2. The smallest absolute Gasteiger partial charge is 0.266 e. The van der Waals surface area contributed by atoms with Crippen LogP contribution in [-0.2, 0) is 12.8 Å². The third-order valence-corrected chi connectivity index (χ3v) is 13.2. The number of nitrogens with zero attached hydrogens (tertiary/aromatic N) is 3. The Hall–Kier alpha value is -8.45. The summed E-state index contributed by atoms with van der Waals surface area (Å²) in [4.78, 5) is 123. The van der Waals surface area contributed by atoms with Gasteiger partial charge in [-0.1, -0.05) is 55.5 Å². The van der Waals surface area contributed by atoms with E-state index in [4.69, 9.17) is 0 Å². The zero-order valence-corrected chi connectivity index (χ0v) is 37.5. The van der Waals surface area contributed by atoms with E-state index >= 15 is 0 Å². The predicted octanol–water partition coefficient (Wildman–Crippen LogP) is 6.81. The molecule has 0 radical (unpaired) electrons. The Morgan fingerprint density at radius 1 is 0.433 bits per heavy atom. The van der Waals surface area contributed by atoms with Crippen LogP contribution in [0, 0.1) is 41.5 Å². The number of hydrogen-bond donors (Lipinski definition) is 1. The average Bonchev–Trinajstić information content (AvgIpc) is 3.89. The summed E-state index contributed by atoms with van der Waals surface area (Å²) in [6.07, 6.45) is 1.23. The van der Waals surface area contributed by atoms with Gasteiger partial charge in [0.15, 0.2) is 5.78 Å². The van der Waals surface area contributed by atoms with E-state index in [0.29, 0.717) is 45.7 Å². The zero-order chi connectivity index (χ0) is 47.7. The van der Waals surface area contributed by atoms with E-state index in [2.05, 4.69) is 5.32 Å². The number of rotatable bonds is 8. The fourth-order valence-corrected chi connectivity index (χ4v) is 10.3. The maximum atomic E-state index is 14.1. The largest absolute Gasteiger partial charge is 0.289 e. The van der Waals surface area contributed by atoms with Crippen LogP contribution in [0.15, 0.2) is 104 Å². The Morgan fingerprint density at radius 3 is 1.25 bits per heavy atom. The fraction of sp³-hybridized carbons (Fsp3) is 0.167. The van der Waals surface area contributed by atoms with Crippen molar-refractivity contribution < 1.29 is 24.0 Å². The van der Waals surface area contributed by atoms with Gasteiger partial charge >= 0.3 is 0 Å². The molecular weight excluding hydrogens is 849 g/mol. The van der Waals surface area contributed by atoms with Gasteiger partial charge in [0.2, 0.25) is 0 Å². The molecule has 4 heterocycles. The maximum absolute atomic E-state index is 14.1. The van der Waals surface area contributed by atoms with Gasteiger partial charge in [-0.05, 0) is 141 Å². The van der Waals surface area contributed by atoms with Crippen molar-refractivity contribution in [2.24, 2.45) is 0 Å². The molecule has 10 rings (SSSR count). The lowest BCUT2D eigenvalue weighted by Gasteiger charge is -2.21. The summed E-state index contributed by atoms with van der Waals surface area (Å²) in [5.74, 6) is -2.75. The lowest BCUT2D eigenvalue weighted by atomic mass is 9.95. The first-order valence-electron chi connectivity index (χ1n) is 21.7. The lowest BCUT2D eigenvalue weighted by Crippen LogP contribution is -2.30. The minimum Gasteiger partial charge on any atom is -0.289 e. The summed E-state index contributed by atoms with van der Waals surface area (Å²) in [5.41, 5.74) is 6.80. The normalized spacial score (nSPS) is 13.3. The van der Waals surface area contributed by atoms with Gasteiger partial charge in [0, 0.05) is 11.1 Å². The Balaban J connectivity index is 0.930. The number of carbonyl (C=O) groups excluding carboxylic acids is 5. The van der Waals surface area contributed by atoms with Crippen molar-refractivity contribution in [3.8, 4) is 11.4 Å². The number of amides is 4. The second-order valence-electron chi connectivity index (χ2n) is 17.7. The number of ketones is 1. The highest BCUT2D eigenvalue weighted by Crippen LogP contribution is 2.36. The molecule has 6 aromatic carbocycles. The monoisotopic (exact) mass is 888 g/mol. The molecule has 67 heavy (non-hydrogen) atoms. The Labute approximate surface area is 381 Å². The van der Waals surface area contributed by atoms with Gasteiger partial charge in [-0.3, -0.25) is 48.5 Å². The first-order valence-corrected chi connectivity index (χ1v) is 21.7. The van der Waals surface area contributed by atoms with E-state index in [1.165, 1.54) is 48.5 Å². The summed E-state index contributed by atoms with van der Waals surface area (Å²) in [6, 6.07) is 22.7. The predicted molar refractivity (Wildman–Crippen MR) is 254 cm³/mol. The van der Waals surface area contributed by atoms with Crippen molar-refractivity contribution in [3.05, 3.63) is 210 Å². The molecule has 0 aliphatic carbocycles. The molecule has 0 saturated carbocycles. The quantitative estimate of drug-likeness (QED) is 0.127. The molecule has 330 valence electrons. The molecule has 1 N–H and O–H groups in total. The first kappa shape index (κ1) is 42.5. The SMILES string of the molecule is CCc1cc(C)c(-n2c(=O)c3cc4c(=O)n(-c5c(C)cc(Cc6cc(C)c(N7C(=O)c8ccc(C(=O)c9ccc%10c(c9)C(=O)NC%10=O)cc8C7=O)c(C)c6)cc5C)c(=O)c4cc3c2=O)c(C)c1. The van der Waals surface area contributed by atoms with Crippen LogP contribution in [0.3, 0.4) is 0 Å². The number of anilines is 1. The van der Waals surface area contributed by atoms with Gasteiger partial charge < -0.3 is 0 Å². The standard InChI is InChI=1S/C54H40N4O9/c1-8-30-13-24(2)43(25(3)14-30)57-51(64)39-22-41-42(23-40(39)52(57)65)54(67)58(53(41)66)45-28(6)17-32(18-29(45)7)19-31-15-26(4)44(27(5)16-31)56-49(62)36-12-10-34(21-38(36)50(56)63)46(59)33-9-11-35-37(20-33)48(61)55-47(35)60/h9-18,20-23H,8,19H2,1-7H3,(H,55,60,61). The van der Waals surface area contributed by atoms with Gasteiger partial charge in [-0.25, -0.2) is 14.0 Å². The van der Waals surface area contributed by atoms with Crippen LogP contribution < -0.4 is 32.5 Å². The van der Waals surface area contributed by atoms with E-state index in [0.717, 1.165) is 48.3 Å². The van der Waals surface area contributed by atoms with Gasteiger partial charge in [0.05, 0.1) is 60.9 Å². The first-order chi connectivity index (χ1) is 31.9. The minimum atomic E-state index is -0.601. The number of benzene rings is 6. The highest BCUT2D eigenvalue weighted by molar-refractivity contribution is 6.35. The van der Waals surface area contributed by atoms with E-state index in [9.17, 15) is 43.2 Å². The highest BCUT2D eigenvalue weighted by Gasteiger charge is 2.39. The molecule has 0 atom stereocenters. The zero-order valence-electron chi connectivity index (χ0n) is 37.5. The molecule has 13 heteroatoms. The summed E-state index contributed by atoms with van der Waals surface area (Å²) in [7, 11) is 0. The number of hydrogen-bond acceptors (Lipinski definition) is 9. The topological polar surface area (TPSA) is 179 Å². The van der Waals surface area contributed by atoms with E-state index in [1.807, 2.05) is 71.0 Å². The van der Waals surface area contributed by atoms with E-state index in [1.54, 1.807) is 13.8 Å². The van der Waals surface area contributed by atoms with Gasteiger partial charge in [-0.2, -0.15) is 0 Å². The number of carbonyl (C=O) groups is 5. The molecule has 0 fully saturated rings. The van der Waals surface area contributed by atoms with Crippen LogP contribution in [0.4, 0.5) is 5.69 Å². The summed E-state index contributed by atoms with van der Waals surface area (Å²) < 4.78 is 2.25. The molecule has 0 unspecified atom stereocenters. The van der Waals surface area contributed by atoms with Gasteiger partial charge in [0.1, 0.15) is 0 Å². The lowest BCUT2D eigenvalue weighted by molar-refractivity contribution is 0.0874. The number of fused-ring (bicyclic) bond motifs is 4. The summed E-state index contributed by atoms with van der Waals surface area (Å²) >= 11 is 0. The van der Waals surface area contributed by atoms with Crippen molar-refractivity contribution in [1.29, 1.82) is 0 Å². The Morgan fingerprint density at radius 2 is 0.806 bits per heavy atom. The molecule has 13 nitrogen and oxygen atoms in total. The number of imide groups is 2. The van der Waals surface area contributed by atoms with Crippen LogP contribution in [-0.4, -0.2) is 38.5 Å². The van der Waals surface area contributed by atoms with E-state index < -0.39 is 51.6 Å². The van der Waals surface area contributed by atoms with E-state index in [-0.39, 0.29) is 54.9 Å².